The van der Waals surface area contributed by atoms with Crippen LogP contribution in [0.3, 0.4) is 0 Å². The molecule has 0 bridgehead atoms. The van der Waals surface area contributed by atoms with E-state index in [9.17, 15) is 24.6 Å². The summed E-state index contributed by atoms with van der Waals surface area (Å²) in [4.78, 5) is 41.6. The third-order valence-corrected chi connectivity index (χ3v) is 8.01. The smallest absolute Gasteiger partial charge is 0.338 e. The fraction of sp³-hybridized carbons (Fsp3) is 0.0690. The van der Waals surface area contributed by atoms with Crippen LogP contribution in [0.2, 0.25) is 30.1 Å². The zero-order valence-corrected chi connectivity index (χ0v) is 26.0. The first-order valence-corrected chi connectivity index (χ1v) is 14.3. The minimum Gasteiger partial charge on any atom is -0.478 e. The van der Waals surface area contributed by atoms with Gasteiger partial charge in [0.05, 0.1) is 53.2 Å². The largest absolute Gasteiger partial charge is 0.478 e. The first-order valence-electron chi connectivity index (χ1n) is 12.0. The first-order chi connectivity index (χ1) is 20.4. The third kappa shape index (κ3) is 7.66. The first kappa shape index (κ1) is 32.7. The van der Waals surface area contributed by atoms with Gasteiger partial charge in [-0.1, -0.05) is 81.7 Å². The SMILES string of the molecule is O=C(O)c1c(Cl)ccc(Cl)c1CONc1ccc(Cc2ccc(NC(=O)c3c(Cl)ccc(Cl)c3C(=O)O)c(Cl)c2)cc1Cl. The normalized spacial score (nSPS) is 10.8. The summed E-state index contributed by atoms with van der Waals surface area (Å²) in [6.45, 7) is -0.193. The van der Waals surface area contributed by atoms with Gasteiger partial charge in [-0.25, -0.2) is 9.59 Å². The molecule has 0 heterocycles. The van der Waals surface area contributed by atoms with Crippen LogP contribution in [-0.4, -0.2) is 28.1 Å². The quantitative estimate of drug-likeness (QED) is 0.121. The fourth-order valence-electron chi connectivity index (χ4n) is 4.08. The van der Waals surface area contributed by atoms with Gasteiger partial charge in [-0.3, -0.25) is 15.1 Å². The molecule has 14 heteroatoms. The molecular weight excluding hydrogens is 685 g/mol. The highest BCUT2D eigenvalue weighted by atomic mass is 35.5. The lowest BCUT2D eigenvalue weighted by molar-refractivity contribution is 0.0682. The number of rotatable bonds is 10. The Hall–Kier alpha value is -3.21. The molecule has 43 heavy (non-hydrogen) atoms. The number of anilines is 2. The molecule has 0 radical (unpaired) electrons. The monoisotopic (exact) mass is 700 g/mol. The van der Waals surface area contributed by atoms with Crippen LogP contribution in [0, 0.1) is 0 Å². The Bertz CT molecular complexity index is 1760. The predicted octanol–water partition coefficient (Wildman–Crippen LogP) is 9.39. The second-order valence-electron chi connectivity index (χ2n) is 8.92. The number of aromatic carboxylic acids is 2. The minimum atomic E-state index is -1.40. The van der Waals surface area contributed by atoms with Crippen LogP contribution < -0.4 is 10.8 Å². The molecule has 222 valence electrons. The number of carboxylic acids is 2. The number of halogens is 6. The molecule has 0 atom stereocenters. The van der Waals surface area contributed by atoms with Gasteiger partial charge in [-0.15, -0.1) is 0 Å². The summed E-state index contributed by atoms with van der Waals surface area (Å²) in [5.74, 6) is -3.42. The van der Waals surface area contributed by atoms with Crippen molar-refractivity contribution < 1.29 is 29.4 Å². The lowest BCUT2D eigenvalue weighted by Gasteiger charge is -2.14. The van der Waals surface area contributed by atoms with Crippen molar-refractivity contribution >= 4 is 98.8 Å². The Morgan fingerprint density at radius 1 is 0.605 bits per heavy atom. The molecule has 4 rings (SSSR count). The van der Waals surface area contributed by atoms with E-state index in [1.807, 2.05) is 0 Å². The van der Waals surface area contributed by atoms with Crippen molar-refractivity contribution in [1.29, 1.82) is 0 Å². The standard InChI is InChI=1S/C29H18Cl6N2O6/c30-16-3-4-17(31)24(28(39)40)15(16)12-43-37-23-8-2-14(11-21(23)35)9-13-1-7-22(20(34)10-13)36-27(38)25-18(32)5-6-19(33)26(25)29(41)42/h1-8,10-11,37H,9,12H2,(H,36,38)(H,39,40)(H,41,42). The number of hydrogen-bond donors (Lipinski definition) is 4. The molecule has 0 aliphatic rings. The molecule has 0 unspecified atom stereocenters. The van der Waals surface area contributed by atoms with E-state index in [0.29, 0.717) is 17.1 Å². The predicted molar refractivity (Wildman–Crippen MR) is 169 cm³/mol. The van der Waals surface area contributed by atoms with Gasteiger partial charge < -0.3 is 15.5 Å². The zero-order chi connectivity index (χ0) is 31.4. The molecule has 0 saturated heterocycles. The van der Waals surface area contributed by atoms with E-state index in [2.05, 4.69) is 10.8 Å². The van der Waals surface area contributed by atoms with Gasteiger partial charge in [-0.2, -0.15) is 0 Å². The van der Waals surface area contributed by atoms with Gasteiger partial charge in [0.1, 0.15) is 6.61 Å². The molecule has 0 saturated carbocycles. The summed E-state index contributed by atoms with van der Waals surface area (Å²) >= 11 is 37.1. The summed E-state index contributed by atoms with van der Waals surface area (Å²) in [6, 6.07) is 15.6. The summed E-state index contributed by atoms with van der Waals surface area (Å²) in [6.07, 6.45) is 0.429. The van der Waals surface area contributed by atoms with Gasteiger partial charge in [0, 0.05) is 10.6 Å². The van der Waals surface area contributed by atoms with E-state index in [-0.39, 0.29) is 54.1 Å². The third-order valence-electron chi connectivity index (χ3n) is 6.09. The molecule has 4 N–H and O–H groups in total. The highest BCUT2D eigenvalue weighted by molar-refractivity contribution is 6.40. The highest BCUT2D eigenvalue weighted by Crippen LogP contribution is 2.32. The maximum Gasteiger partial charge on any atom is 0.338 e. The number of carbonyl (C=O) groups excluding carboxylic acids is 1. The average Bonchev–Trinajstić information content (AvgIpc) is 2.93. The topological polar surface area (TPSA) is 125 Å². The van der Waals surface area contributed by atoms with Crippen LogP contribution >= 0.6 is 69.6 Å². The number of amides is 1. The lowest BCUT2D eigenvalue weighted by atomic mass is 10.0. The Labute approximate surface area is 274 Å². The molecule has 0 aliphatic carbocycles. The second-order valence-corrected chi connectivity index (χ2v) is 11.4. The van der Waals surface area contributed by atoms with E-state index in [4.69, 9.17) is 74.4 Å². The maximum atomic E-state index is 12.9. The number of carboxylic acid groups (broad SMARTS) is 2. The van der Waals surface area contributed by atoms with Gasteiger partial charge >= 0.3 is 11.9 Å². The Morgan fingerprint density at radius 2 is 1.09 bits per heavy atom. The lowest BCUT2D eigenvalue weighted by Crippen LogP contribution is -2.18. The van der Waals surface area contributed by atoms with E-state index in [1.165, 1.54) is 24.3 Å². The van der Waals surface area contributed by atoms with Crippen molar-refractivity contribution in [3.63, 3.8) is 0 Å². The van der Waals surface area contributed by atoms with Gasteiger partial charge in [-0.05, 0) is 66.1 Å². The van der Waals surface area contributed by atoms with Gasteiger partial charge in [0.25, 0.3) is 5.91 Å². The molecule has 0 aromatic heterocycles. The highest BCUT2D eigenvalue weighted by Gasteiger charge is 2.24. The zero-order valence-electron chi connectivity index (χ0n) is 21.5. The second kappa shape index (κ2) is 14.1. The van der Waals surface area contributed by atoms with E-state index in [0.717, 1.165) is 11.1 Å². The molecule has 8 nitrogen and oxygen atoms in total. The maximum absolute atomic E-state index is 12.9. The summed E-state index contributed by atoms with van der Waals surface area (Å²) < 4.78 is 0. The van der Waals surface area contributed by atoms with Crippen LogP contribution in [0.15, 0.2) is 60.7 Å². The molecule has 0 fully saturated rings. The fourth-order valence-corrected chi connectivity index (χ4v) is 5.52. The van der Waals surface area contributed by atoms with Gasteiger partial charge in [0.15, 0.2) is 0 Å². The van der Waals surface area contributed by atoms with Crippen LogP contribution in [0.1, 0.15) is 47.8 Å². The van der Waals surface area contributed by atoms with Crippen molar-refractivity contribution in [2.24, 2.45) is 0 Å². The van der Waals surface area contributed by atoms with Crippen LogP contribution in [0.4, 0.5) is 11.4 Å². The molecule has 0 aliphatic heterocycles. The number of nitrogens with one attached hydrogen (secondary N) is 2. The molecule has 4 aromatic carbocycles. The Morgan fingerprint density at radius 3 is 1.63 bits per heavy atom. The van der Waals surface area contributed by atoms with E-state index >= 15 is 0 Å². The minimum absolute atomic E-state index is 0.0335. The summed E-state index contributed by atoms with van der Waals surface area (Å²) in [7, 11) is 0. The number of benzene rings is 4. The average molecular weight is 703 g/mol. The van der Waals surface area contributed by atoms with Crippen LogP contribution in [-0.2, 0) is 17.9 Å². The van der Waals surface area contributed by atoms with Crippen molar-refractivity contribution in [3.05, 3.63) is 124 Å². The molecular formula is C29H18Cl6N2O6. The van der Waals surface area contributed by atoms with Crippen LogP contribution in [0.25, 0.3) is 0 Å². The van der Waals surface area contributed by atoms with Crippen LogP contribution in [0.5, 0.6) is 0 Å². The molecule has 4 aromatic rings. The summed E-state index contributed by atoms with van der Waals surface area (Å²) in [5, 5.41) is 22.1. The summed E-state index contributed by atoms with van der Waals surface area (Å²) in [5.41, 5.74) is 4.32. The van der Waals surface area contributed by atoms with Crippen molar-refractivity contribution in [2.45, 2.75) is 13.0 Å². The Kier molecular flexibility index (Phi) is 10.7. The molecule has 0 spiro atoms. The van der Waals surface area contributed by atoms with Crippen molar-refractivity contribution in [1.82, 2.24) is 0 Å². The van der Waals surface area contributed by atoms with Crippen molar-refractivity contribution in [2.75, 3.05) is 10.8 Å². The number of carbonyl (C=O) groups is 3. The van der Waals surface area contributed by atoms with Gasteiger partial charge in [0.2, 0.25) is 0 Å². The van der Waals surface area contributed by atoms with Crippen molar-refractivity contribution in [3.8, 4) is 0 Å². The Balaban J connectivity index is 1.42. The molecule has 1 amide bonds. The van der Waals surface area contributed by atoms with E-state index < -0.39 is 23.4 Å². The van der Waals surface area contributed by atoms with E-state index in [1.54, 1.807) is 36.4 Å². The number of hydrogen-bond acceptors (Lipinski definition) is 5.